The van der Waals surface area contributed by atoms with Crippen LogP contribution in [-0.4, -0.2) is 40.5 Å². The van der Waals surface area contributed by atoms with Crippen LogP contribution in [0, 0.1) is 0 Å². The van der Waals surface area contributed by atoms with Gasteiger partial charge in [0.2, 0.25) is 0 Å². The number of aliphatic hydroxyl groups is 1. The van der Waals surface area contributed by atoms with E-state index in [-0.39, 0.29) is 24.0 Å². The maximum Gasteiger partial charge on any atom is 0.191 e. The topological polar surface area (TPSA) is 74.5 Å². The van der Waals surface area contributed by atoms with Gasteiger partial charge in [0.1, 0.15) is 6.10 Å². The lowest BCUT2D eigenvalue weighted by Gasteiger charge is -2.12. The number of nitrogens with zero attached hydrogens (tertiary/aromatic N) is 3. The van der Waals surface area contributed by atoms with Crippen molar-refractivity contribution in [2.24, 2.45) is 4.99 Å². The van der Waals surface area contributed by atoms with Crippen molar-refractivity contribution in [2.75, 3.05) is 19.6 Å². The first-order valence-electron chi connectivity index (χ1n) is 8.92. The van der Waals surface area contributed by atoms with Crippen molar-refractivity contribution in [1.82, 2.24) is 20.4 Å². The molecule has 0 radical (unpaired) electrons. The van der Waals surface area contributed by atoms with Gasteiger partial charge in [0.05, 0.1) is 6.54 Å². The summed E-state index contributed by atoms with van der Waals surface area (Å²) < 4.78 is 3.10. The number of halogens is 1. The van der Waals surface area contributed by atoms with Gasteiger partial charge in [-0.3, -0.25) is 9.67 Å². The third-order valence-electron chi connectivity index (χ3n) is 3.96. The van der Waals surface area contributed by atoms with Gasteiger partial charge in [0.15, 0.2) is 5.96 Å². The minimum atomic E-state index is -0.591. The fourth-order valence-electron chi connectivity index (χ4n) is 2.66. The Morgan fingerprint density at radius 3 is 2.89 bits per heavy atom. The summed E-state index contributed by atoms with van der Waals surface area (Å²) in [7, 11) is 0. The second kappa shape index (κ2) is 11.3. The molecule has 0 fully saturated rings. The van der Waals surface area contributed by atoms with Gasteiger partial charge in [0.25, 0.3) is 0 Å². The molecule has 146 valence electrons. The highest BCUT2D eigenvalue weighted by Crippen LogP contribution is 2.29. The number of hydrogen-bond donors (Lipinski definition) is 3. The standard InChI is InChI=1S/C19H25N5OS.HI/c1-2-20-19(21-9-5-11-24-12-6-10-23-24)22-14-16(25)18-13-15-7-3-4-8-17(15)26-18;/h3-4,6-8,10,12-13,16,25H,2,5,9,11,14H2,1H3,(H2,20,21,22);1H. The average molecular weight is 499 g/mol. The highest BCUT2D eigenvalue weighted by Gasteiger charge is 2.11. The highest BCUT2D eigenvalue weighted by molar-refractivity contribution is 14.0. The zero-order chi connectivity index (χ0) is 18.2. The van der Waals surface area contributed by atoms with Crippen LogP contribution in [0.2, 0.25) is 0 Å². The zero-order valence-corrected chi connectivity index (χ0v) is 18.5. The van der Waals surface area contributed by atoms with Gasteiger partial charge >= 0.3 is 0 Å². The van der Waals surface area contributed by atoms with E-state index in [2.05, 4.69) is 32.9 Å². The Labute approximate surface area is 180 Å². The number of aliphatic imine (C=N–C) groups is 1. The Morgan fingerprint density at radius 2 is 2.15 bits per heavy atom. The van der Waals surface area contributed by atoms with Crippen LogP contribution in [-0.2, 0) is 6.54 Å². The van der Waals surface area contributed by atoms with Crippen LogP contribution in [0.3, 0.4) is 0 Å². The van der Waals surface area contributed by atoms with Crippen LogP contribution in [0.5, 0.6) is 0 Å². The second-order valence-electron chi connectivity index (χ2n) is 5.97. The number of guanidine groups is 1. The summed E-state index contributed by atoms with van der Waals surface area (Å²) in [6.45, 7) is 4.81. The van der Waals surface area contributed by atoms with Crippen molar-refractivity contribution >= 4 is 51.4 Å². The van der Waals surface area contributed by atoms with E-state index in [0.29, 0.717) is 6.54 Å². The van der Waals surface area contributed by atoms with Gasteiger partial charge in [-0.1, -0.05) is 18.2 Å². The van der Waals surface area contributed by atoms with E-state index in [1.165, 1.54) is 10.1 Å². The fraction of sp³-hybridized carbons (Fsp3) is 0.368. The highest BCUT2D eigenvalue weighted by atomic mass is 127. The van der Waals surface area contributed by atoms with Crippen LogP contribution in [0.1, 0.15) is 24.3 Å². The number of aromatic nitrogens is 2. The SMILES string of the molecule is CCNC(=NCC(O)c1cc2ccccc2s1)NCCCn1cccn1.I. The van der Waals surface area contributed by atoms with Crippen LogP contribution < -0.4 is 10.6 Å². The maximum atomic E-state index is 10.5. The number of benzene rings is 1. The Hall–Kier alpha value is -1.65. The first-order chi connectivity index (χ1) is 12.8. The van der Waals surface area contributed by atoms with Crippen molar-refractivity contribution in [3.8, 4) is 0 Å². The molecule has 1 atom stereocenters. The van der Waals surface area contributed by atoms with Gasteiger partial charge in [-0.2, -0.15) is 5.10 Å². The molecular weight excluding hydrogens is 473 g/mol. The molecule has 8 heteroatoms. The van der Waals surface area contributed by atoms with E-state index in [4.69, 9.17) is 0 Å². The molecule has 3 N–H and O–H groups in total. The van der Waals surface area contributed by atoms with E-state index in [0.717, 1.165) is 36.9 Å². The Bertz CT molecular complexity index is 801. The maximum absolute atomic E-state index is 10.5. The molecule has 0 saturated heterocycles. The number of hydrogen-bond acceptors (Lipinski definition) is 4. The summed E-state index contributed by atoms with van der Waals surface area (Å²) in [4.78, 5) is 5.47. The third-order valence-corrected chi connectivity index (χ3v) is 5.17. The van der Waals surface area contributed by atoms with Crippen molar-refractivity contribution in [1.29, 1.82) is 0 Å². The van der Waals surface area contributed by atoms with E-state index in [1.807, 2.05) is 42.1 Å². The van der Waals surface area contributed by atoms with Crippen LogP contribution in [0.4, 0.5) is 0 Å². The fourth-order valence-corrected chi connectivity index (χ4v) is 3.70. The van der Waals surface area contributed by atoms with E-state index < -0.39 is 6.10 Å². The molecule has 1 aromatic carbocycles. The molecule has 6 nitrogen and oxygen atoms in total. The predicted molar refractivity (Wildman–Crippen MR) is 123 cm³/mol. The predicted octanol–water partition coefficient (Wildman–Crippen LogP) is 3.39. The average Bonchev–Trinajstić information content (AvgIpc) is 3.32. The molecular formula is C19H26IN5OS. The van der Waals surface area contributed by atoms with Crippen LogP contribution in [0.25, 0.3) is 10.1 Å². The molecule has 3 aromatic rings. The summed E-state index contributed by atoms with van der Waals surface area (Å²) in [6.07, 6.45) is 4.10. The van der Waals surface area contributed by atoms with Gasteiger partial charge in [0, 0.05) is 41.6 Å². The van der Waals surface area contributed by atoms with E-state index in [1.54, 1.807) is 17.5 Å². The lowest BCUT2D eigenvalue weighted by atomic mass is 10.2. The number of aliphatic hydroxyl groups excluding tert-OH is 1. The lowest BCUT2D eigenvalue weighted by molar-refractivity contribution is 0.191. The molecule has 0 bridgehead atoms. The monoisotopic (exact) mass is 499 g/mol. The number of rotatable bonds is 8. The minimum Gasteiger partial charge on any atom is -0.386 e. The van der Waals surface area contributed by atoms with Crippen molar-refractivity contribution in [3.05, 3.63) is 53.7 Å². The normalized spacial score (nSPS) is 12.6. The smallest absolute Gasteiger partial charge is 0.191 e. The Balaban J connectivity index is 0.00000261. The van der Waals surface area contributed by atoms with Crippen LogP contribution in [0.15, 0.2) is 53.8 Å². The third kappa shape index (κ3) is 6.47. The molecule has 2 aromatic heterocycles. The number of nitrogens with one attached hydrogen (secondary N) is 2. The first-order valence-corrected chi connectivity index (χ1v) is 9.74. The van der Waals surface area contributed by atoms with Crippen molar-refractivity contribution in [3.63, 3.8) is 0 Å². The molecule has 3 rings (SSSR count). The van der Waals surface area contributed by atoms with Crippen molar-refractivity contribution < 1.29 is 5.11 Å². The molecule has 2 heterocycles. The Morgan fingerprint density at radius 1 is 1.30 bits per heavy atom. The molecule has 1 unspecified atom stereocenters. The lowest BCUT2D eigenvalue weighted by Crippen LogP contribution is -2.38. The molecule has 0 amide bonds. The number of aryl methyl sites for hydroxylation is 1. The van der Waals surface area contributed by atoms with E-state index in [9.17, 15) is 5.11 Å². The molecule has 0 aliphatic rings. The summed E-state index contributed by atoms with van der Waals surface area (Å²) in [5.41, 5.74) is 0. The van der Waals surface area contributed by atoms with Gasteiger partial charge in [-0.25, -0.2) is 0 Å². The molecule has 0 aliphatic heterocycles. The summed E-state index contributed by atoms with van der Waals surface area (Å²) >= 11 is 1.62. The first kappa shape index (κ1) is 21.6. The van der Waals surface area contributed by atoms with E-state index >= 15 is 0 Å². The molecule has 0 aliphatic carbocycles. The summed E-state index contributed by atoms with van der Waals surface area (Å²) in [5, 5.41) is 22.4. The molecule has 0 saturated carbocycles. The summed E-state index contributed by atoms with van der Waals surface area (Å²) in [6, 6.07) is 12.1. The number of thiophene rings is 1. The largest absolute Gasteiger partial charge is 0.386 e. The van der Waals surface area contributed by atoms with Crippen LogP contribution >= 0.6 is 35.3 Å². The molecule has 27 heavy (non-hydrogen) atoms. The van der Waals surface area contributed by atoms with Gasteiger partial charge in [-0.05, 0) is 36.9 Å². The van der Waals surface area contributed by atoms with Crippen molar-refractivity contribution in [2.45, 2.75) is 26.0 Å². The second-order valence-corrected chi connectivity index (χ2v) is 7.09. The molecule has 0 spiro atoms. The van der Waals surface area contributed by atoms with Gasteiger partial charge in [-0.15, -0.1) is 35.3 Å². The number of fused-ring (bicyclic) bond motifs is 1. The minimum absolute atomic E-state index is 0. The van der Waals surface area contributed by atoms with Gasteiger partial charge < -0.3 is 15.7 Å². The summed E-state index contributed by atoms with van der Waals surface area (Å²) in [5.74, 6) is 0.730. The quantitative estimate of drug-likeness (QED) is 0.192. The Kier molecular flexibility index (Phi) is 9.02. The zero-order valence-electron chi connectivity index (χ0n) is 15.3.